The molecule has 1 aromatic carbocycles. The fraction of sp³-hybridized carbons (Fsp3) is 0.625. The van der Waals surface area contributed by atoms with Crippen molar-refractivity contribution in [2.24, 2.45) is 11.8 Å². The standard InChI is InChI=1S/C16H24FN/c1-13(2)12-18-8-6-14(7-9-18)10-15-4-3-5-16(17)11-15/h3-5,11,13-14H,6-10,12H2,1-2H3. The topological polar surface area (TPSA) is 3.24 Å². The van der Waals surface area contributed by atoms with Gasteiger partial charge in [-0.05, 0) is 61.9 Å². The van der Waals surface area contributed by atoms with Crippen LogP contribution >= 0.6 is 0 Å². The minimum absolute atomic E-state index is 0.107. The van der Waals surface area contributed by atoms with Gasteiger partial charge < -0.3 is 4.90 Å². The van der Waals surface area contributed by atoms with Crippen molar-refractivity contribution in [2.75, 3.05) is 19.6 Å². The predicted molar refractivity (Wildman–Crippen MR) is 74.1 cm³/mol. The summed E-state index contributed by atoms with van der Waals surface area (Å²) in [5.74, 6) is 1.38. The van der Waals surface area contributed by atoms with Gasteiger partial charge in [-0.3, -0.25) is 0 Å². The van der Waals surface area contributed by atoms with Crippen molar-refractivity contribution in [3.63, 3.8) is 0 Å². The molecule has 0 bridgehead atoms. The van der Waals surface area contributed by atoms with Crippen LogP contribution in [0.4, 0.5) is 4.39 Å². The summed E-state index contributed by atoms with van der Waals surface area (Å²) in [5.41, 5.74) is 1.15. The number of likely N-dealkylation sites (tertiary alicyclic amines) is 1. The summed E-state index contributed by atoms with van der Waals surface area (Å²) in [5, 5.41) is 0. The molecule has 1 aliphatic heterocycles. The molecule has 0 amide bonds. The lowest BCUT2D eigenvalue weighted by atomic mass is 9.90. The molecule has 0 unspecified atom stereocenters. The summed E-state index contributed by atoms with van der Waals surface area (Å²) < 4.78 is 13.1. The number of nitrogens with zero attached hydrogens (tertiary/aromatic N) is 1. The van der Waals surface area contributed by atoms with E-state index in [0.717, 1.165) is 23.8 Å². The Kier molecular flexibility index (Phi) is 4.76. The fourth-order valence-corrected chi connectivity index (χ4v) is 2.89. The zero-order valence-corrected chi connectivity index (χ0v) is 11.5. The molecule has 2 heteroatoms. The molecular formula is C16H24FN. The first-order valence-corrected chi connectivity index (χ1v) is 7.10. The molecule has 1 aromatic rings. The van der Waals surface area contributed by atoms with Crippen LogP contribution in [0.15, 0.2) is 24.3 Å². The van der Waals surface area contributed by atoms with E-state index in [1.165, 1.54) is 38.5 Å². The van der Waals surface area contributed by atoms with E-state index in [1.807, 2.05) is 12.1 Å². The SMILES string of the molecule is CC(C)CN1CCC(Cc2cccc(F)c2)CC1. The van der Waals surface area contributed by atoms with Crippen molar-refractivity contribution in [3.8, 4) is 0 Å². The molecule has 100 valence electrons. The minimum Gasteiger partial charge on any atom is -0.303 e. The quantitative estimate of drug-likeness (QED) is 0.786. The van der Waals surface area contributed by atoms with Crippen LogP contribution in [0.3, 0.4) is 0 Å². The second-order valence-electron chi connectivity index (χ2n) is 5.97. The second kappa shape index (κ2) is 6.33. The third-order valence-corrected chi connectivity index (χ3v) is 3.74. The van der Waals surface area contributed by atoms with Gasteiger partial charge in [0.15, 0.2) is 0 Å². The summed E-state index contributed by atoms with van der Waals surface area (Å²) in [4.78, 5) is 2.56. The van der Waals surface area contributed by atoms with Crippen molar-refractivity contribution in [2.45, 2.75) is 33.1 Å². The average Bonchev–Trinajstić information content (AvgIpc) is 2.31. The molecule has 0 saturated carbocycles. The molecule has 0 spiro atoms. The highest BCUT2D eigenvalue weighted by Gasteiger charge is 2.19. The molecule has 0 aromatic heterocycles. The number of rotatable bonds is 4. The highest BCUT2D eigenvalue weighted by atomic mass is 19.1. The Labute approximate surface area is 110 Å². The highest BCUT2D eigenvalue weighted by Crippen LogP contribution is 2.22. The molecule has 0 N–H and O–H groups in total. The van der Waals surface area contributed by atoms with Crippen LogP contribution in [0, 0.1) is 17.7 Å². The van der Waals surface area contributed by atoms with E-state index in [1.54, 1.807) is 6.07 Å². The molecule has 0 atom stereocenters. The molecule has 1 saturated heterocycles. The van der Waals surface area contributed by atoms with Crippen LogP contribution in [0.5, 0.6) is 0 Å². The first kappa shape index (κ1) is 13.5. The third-order valence-electron chi connectivity index (χ3n) is 3.74. The molecule has 0 radical (unpaired) electrons. The minimum atomic E-state index is -0.107. The molecule has 2 rings (SSSR count). The fourth-order valence-electron chi connectivity index (χ4n) is 2.89. The van der Waals surface area contributed by atoms with E-state index < -0.39 is 0 Å². The molecule has 18 heavy (non-hydrogen) atoms. The smallest absolute Gasteiger partial charge is 0.123 e. The Morgan fingerprint density at radius 2 is 2.00 bits per heavy atom. The van der Waals surface area contributed by atoms with Gasteiger partial charge in [0.2, 0.25) is 0 Å². The summed E-state index contributed by atoms with van der Waals surface area (Å²) in [6, 6.07) is 7.07. The lowest BCUT2D eigenvalue weighted by molar-refractivity contribution is 0.167. The van der Waals surface area contributed by atoms with E-state index in [2.05, 4.69) is 18.7 Å². The second-order valence-corrected chi connectivity index (χ2v) is 5.97. The normalized spacial score (nSPS) is 18.4. The number of halogens is 1. The van der Waals surface area contributed by atoms with Crippen molar-refractivity contribution in [1.29, 1.82) is 0 Å². The van der Waals surface area contributed by atoms with Crippen LogP contribution in [0.1, 0.15) is 32.3 Å². The Bertz CT molecular complexity index is 367. The lowest BCUT2D eigenvalue weighted by Gasteiger charge is -2.33. The van der Waals surface area contributed by atoms with E-state index >= 15 is 0 Å². The van der Waals surface area contributed by atoms with Crippen molar-refractivity contribution in [1.82, 2.24) is 4.90 Å². The number of benzene rings is 1. The maximum atomic E-state index is 13.1. The summed E-state index contributed by atoms with van der Waals surface area (Å²) in [7, 11) is 0. The van der Waals surface area contributed by atoms with Gasteiger partial charge in [0.25, 0.3) is 0 Å². The van der Waals surface area contributed by atoms with Crippen LogP contribution < -0.4 is 0 Å². The maximum Gasteiger partial charge on any atom is 0.123 e. The van der Waals surface area contributed by atoms with Gasteiger partial charge >= 0.3 is 0 Å². The Morgan fingerprint density at radius 1 is 1.28 bits per heavy atom. The maximum absolute atomic E-state index is 13.1. The molecule has 1 aliphatic rings. The predicted octanol–water partition coefficient (Wildman–Crippen LogP) is 3.74. The molecule has 1 fully saturated rings. The van der Waals surface area contributed by atoms with E-state index in [0.29, 0.717) is 0 Å². The number of hydrogen-bond acceptors (Lipinski definition) is 1. The molecular weight excluding hydrogens is 225 g/mol. The van der Waals surface area contributed by atoms with Crippen molar-refractivity contribution >= 4 is 0 Å². The Morgan fingerprint density at radius 3 is 2.61 bits per heavy atom. The molecule has 1 heterocycles. The van der Waals surface area contributed by atoms with Crippen LogP contribution in [0.25, 0.3) is 0 Å². The zero-order valence-electron chi connectivity index (χ0n) is 11.5. The molecule has 0 aliphatic carbocycles. The Hall–Kier alpha value is -0.890. The van der Waals surface area contributed by atoms with E-state index in [9.17, 15) is 4.39 Å². The summed E-state index contributed by atoms with van der Waals surface area (Å²) in [6.45, 7) is 8.18. The summed E-state index contributed by atoms with van der Waals surface area (Å²) in [6.07, 6.45) is 3.54. The van der Waals surface area contributed by atoms with Crippen molar-refractivity contribution in [3.05, 3.63) is 35.6 Å². The number of piperidine rings is 1. The first-order valence-electron chi connectivity index (χ1n) is 7.10. The lowest BCUT2D eigenvalue weighted by Crippen LogP contribution is -2.36. The average molecular weight is 249 g/mol. The van der Waals surface area contributed by atoms with E-state index in [4.69, 9.17) is 0 Å². The van der Waals surface area contributed by atoms with Crippen molar-refractivity contribution < 1.29 is 4.39 Å². The van der Waals surface area contributed by atoms with E-state index in [-0.39, 0.29) is 5.82 Å². The molecule has 1 nitrogen and oxygen atoms in total. The summed E-state index contributed by atoms with van der Waals surface area (Å²) >= 11 is 0. The van der Waals surface area contributed by atoms with Gasteiger partial charge in [-0.1, -0.05) is 26.0 Å². The van der Waals surface area contributed by atoms with Crippen LogP contribution in [-0.4, -0.2) is 24.5 Å². The Balaban J connectivity index is 1.80. The van der Waals surface area contributed by atoms with Gasteiger partial charge in [0, 0.05) is 6.54 Å². The largest absolute Gasteiger partial charge is 0.303 e. The zero-order chi connectivity index (χ0) is 13.0. The van der Waals surface area contributed by atoms with Crippen LogP contribution in [-0.2, 0) is 6.42 Å². The third kappa shape index (κ3) is 4.09. The highest BCUT2D eigenvalue weighted by molar-refractivity contribution is 5.16. The van der Waals surface area contributed by atoms with Gasteiger partial charge in [-0.2, -0.15) is 0 Å². The first-order chi connectivity index (χ1) is 8.63. The van der Waals surface area contributed by atoms with Gasteiger partial charge in [-0.25, -0.2) is 4.39 Å². The van der Waals surface area contributed by atoms with Gasteiger partial charge in [0.05, 0.1) is 0 Å². The van der Waals surface area contributed by atoms with Gasteiger partial charge in [-0.15, -0.1) is 0 Å². The van der Waals surface area contributed by atoms with Crippen LogP contribution in [0.2, 0.25) is 0 Å². The monoisotopic (exact) mass is 249 g/mol. The number of hydrogen-bond donors (Lipinski definition) is 0. The van der Waals surface area contributed by atoms with Gasteiger partial charge in [0.1, 0.15) is 5.82 Å².